The van der Waals surface area contributed by atoms with Crippen LogP contribution >= 0.6 is 0 Å². The van der Waals surface area contributed by atoms with E-state index in [0.717, 1.165) is 17.2 Å². The topological polar surface area (TPSA) is 61.5 Å². The van der Waals surface area contributed by atoms with Gasteiger partial charge in [-0.3, -0.25) is 0 Å². The van der Waals surface area contributed by atoms with Gasteiger partial charge in [0.15, 0.2) is 23.1 Å². The highest BCUT2D eigenvalue weighted by Crippen LogP contribution is 2.27. The van der Waals surface area contributed by atoms with E-state index in [2.05, 4.69) is 21.9 Å². The Morgan fingerprint density at radius 3 is 2.57 bits per heavy atom. The molecule has 110 valence electrons. The zero-order chi connectivity index (χ0) is 15.2. The molecule has 0 bridgehead atoms. The van der Waals surface area contributed by atoms with E-state index in [0.29, 0.717) is 18.1 Å². The third kappa shape index (κ3) is 3.47. The molecule has 0 atom stereocenters. The minimum absolute atomic E-state index is 0.433. The van der Waals surface area contributed by atoms with E-state index in [1.807, 2.05) is 32.0 Å². The van der Waals surface area contributed by atoms with Crippen LogP contribution in [0.1, 0.15) is 17.2 Å². The van der Waals surface area contributed by atoms with E-state index in [9.17, 15) is 0 Å². The lowest BCUT2D eigenvalue weighted by atomic mass is 10.2. The van der Waals surface area contributed by atoms with Crippen LogP contribution in [-0.4, -0.2) is 34.8 Å². The highest BCUT2D eigenvalue weighted by atomic mass is 16.5. The molecule has 6 nitrogen and oxygen atoms in total. The molecule has 0 saturated heterocycles. The number of aromatic nitrogens is 3. The van der Waals surface area contributed by atoms with Gasteiger partial charge in [0.25, 0.3) is 0 Å². The van der Waals surface area contributed by atoms with Crippen molar-refractivity contribution >= 4 is 6.21 Å². The molecule has 0 unspecified atom stereocenters. The first-order chi connectivity index (χ1) is 10.2. The Bertz CT molecular complexity index is 642. The third-order valence-corrected chi connectivity index (χ3v) is 2.82. The Morgan fingerprint density at radius 2 is 1.95 bits per heavy atom. The maximum Gasteiger partial charge on any atom is 0.161 e. The first-order valence-corrected chi connectivity index (χ1v) is 6.50. The van der Waals surface area contributed by atoms with Crippen LogP contribution in [0.15, 0.2) is 36.0 Å². The summed E-state index contributed by atoms with van der Waals surface area (Å²) >= 11 is 0. The quantitative estimate of drug-likeness (QED) is 0.604. The molecule has 0 N–H and O–H groups in total. The van der Waals surface area contributed by atoms with Crippen molar-refractivity contribution in [2.45, 2.75) is 13.8 Å². The summed E-state index contributed by atoms with van der Waals surface area (Å²) in [6.07, 6.45) is 3.41. The van der Waals surface area contributed by atoms with E-state index in [-0.39, 0.29) is 0 Å². The third-order valence-electron chi connectivity index (χ3n) is 2.82. The summed E-state index contributed by atoms with van der Waals surface area (Å²) in [4.78, 5) is 0. The molecule has 1 aromatic heterocycles. The minimum atomic E-state index is 0.433. The number of rotatable bonds is 6. The monoisotopic (exact) mass is 286 g/mol. The number of methoxy groups -OCH3 is 1. The fourth-order valence-corrected chi connectivity index (χ4v) is 1.79. The van der Waals surface area contributed by atoms with E-state index < -0.39 is 0 Å². The number of benzene rings is 1. The molecule has 0 aliphatic carbocycles. The van der Waals surface area contributed by atoms with Gasteiger partial charge in [0.1, 0.15) is 6.61 Å². The van der Waals surface area contributed by atoms with Crippen LogP contribution in [0.3, 0.4) is 0 Å². The average molecular weight is 286 g/mol. The van der Waals surface area contributed by atoms with Crippen LogP contribution < -0.4 is 9.47 Å². The summed E-state index contributed by atoms with van der Waals surface area (Å²) in [6.45, 7) is 7.76. The second-order valence-electron chi connectivity index (χ2n) is 4.36. The Hall–Kier alpha value is -2.63. The molecule has 21 heavy (non-hydrogen) atoms. The molecule has 0 aliphatic heterocycles. The SMILES string of the molecule is C=CCOc1ccc(/C=N/n2c(C)nnc2C)cc1OC. The van der Waals surface area contributed by atoms with Crippen LogP contribution in [0.5, 0.6) is 11.5 Å². The zero-order valence-corrected chi connectivity index (χ0v) is 12.4. The van der Waals surface area contributed by atoms with Gasteiger partial charge < -0.3 is 9.47 Å². The first kappa shape index (κ1) is 14.8. The summed E-state index contributed by atoms with van der Waals surface area (Å²) in [5.41, 5.74) is 0.894. The maximum atomic E-state index is 5.51. The number of aryl methyl sites for hydroxylation is 2. The predicted octanol–water partition coefficient (Wildman–Crippen LogP) is 2.35. The largest absolute Gasteiger partial charge is 0.493 e. The summed E-state index contributed by atoms with van der Waals surface area (Å²) in [5, 5.41) is 12.3. The number of nitrogens with zero attached hydrogens (tertiary/aromatic N) is 4. The van der Waals surface area contributed by atoms with Gasteiger partial charge in [-0.25, -0.2) is 4.68 Å². The summed E-state index contributed by atoms with van der Waals surface area (Å²) in [5.74, 6) is 2.80. The first-order valence-electron chi connectivity index (χ1n) is 6.50. The van der Waals surface area contributed by atoms with Crippen molar-refractivity contribution in [1.29, 1.82) is 0 Å². The van der Waals surface area contributed by atoms with Gasteiger partial charge in [-0.2, -0.15) is 5.10 Å². The van der Waals surface area contributed by atoms with Crippen molar-refractivity contribution < 1.29 is 9.47 Å². The Morgan fingerprint density at radius 1 is 1.24 bits per heavy atom. The molecular formula is C15H18N4O2. The molecule has 1 aromatic carbocycles. The lowest BCUT2D eigenvalue weighted by molar-refractivity contribution is 0.326. The van der Waals surface area contributed by atoms with Gasteiger partial charge in [0.05, 0.1) is 13.3 Å². The summed E-state index contributed by atoms with van der Waals surface area (Å²) < 4.78 is 12.5. The van der Waals surface area contributed by atoms with Crippen molar-refractivity contribution in [3.8, 4) is 11.5 Å². The van der Waals surface area contributed by atoms with E-state index >= 15 is 0 Å². The predicted molar refractivity (Wildman–Crippen MR) is 81.2 cm³/mol. The van der Waals surface area contributed by atoms with Gasteiger partial charge in [-0.05, 0) is 37.6 Å². The molecule has 0 fully saturated rings. The Labute approximate surface area is 123 Å². The van der Waals surface area contributed by atoms with Crippen molar-refractivity contribution in [2.24, 2.45) is 5.10 Å². The molecule has 6 heteroatoms. The average Bonchev–Trinajstić information content (AvgIpc) is 2.82. The standard InChI is InChI=1S/C15H18N4O2/c1-5-8-21-14-7-6-13(9-15(14)20-4)10-16-19-11(2)17-18-12(19)3/h5-7,9-10H,1,8H2,2-4H3/b16-10+. The second-order valence-corrected chi connectivity index (χ2v) is 4.36. The lowest BCUT2D eigenvalue weighted by Gasteiger charge is -2.09. The molecule has 0 saturated carbocycles. The fourth-order valence-electron chi connectivity index (χ4n) is 1.79. The van der Waals surface area contributed by atoms with E-state index in [1.54, 1.807) is 24.1 Å². The zero-order valence-electron chi connectivity index (χ0n) is 12.4. The smallest absolute Gasteiger partial charge is 0.161 e. The van der Waals surface area contributed by atoms with Crippen LogP contribution in [0.2, 0.25) is 0 Å². The molecule has 0 spiro atoms. The van der Waals surface area contributed by atoms with E-state index in [1.165, 1.54) is 0 Å². The Balaban J connectivity index is 2.23. The van der Waals surface area contributed by atoms with Crippen LogP contribution in [0, 0.1) is 13.8 Å². The van der Waals surface area contributed by atoms with Crippen LogP contribution in [0.25, 0.3) is 0 Å². The highest BCUT2D eigenvalue weighted by Gasteiger charge is 2.05. The van der Waals surface area contributed by atoms with Crippen molar-refractivity contribution in [1.82, 2.24) is 14.9 Å². The van der Waals surface area contributed by atoms with Gasteiger partial charge in [0, 0.05) is 0 Å². The number of hydrogen-bond donors (Lipinski definition) is 0. The van der Waals surface area contributed by atoms with Crippen LogP contribution in [-0.2, 0) is 0 Å². The van der Waals surface area contributed by atoms with E-state index in [4.69, 9.17) is 9.47 Å². The van der Waals surface area contributed by atoms with Crippen LogP contribution in [0.4, 0.5) is 0 Å². The molecule has 1 heterocycles. The van der Waals surface area contributed by atoms with Gasteiger partial charge >= 0.3 is 0 Å². The van der Waals surface area contributed by atoms with Crippen molar-refractivity contribution in [3.05, 3.63) is 48.1 Å². The lowest BCUT2D eigenvalue weighted by Crippen LogP contribution is -1.98. The highest BCUT2D eigenvalue weighted by molar-refractivity contribution is 5.80. The normalized spacial score (nSPS) is 10.8. The Kier molecular flexibility index (Phi) is 4.71. The van der Waals surface area contributed by atoms with Gasteiger partial charge in [-0.1, -0.05) is 12.7 Å². The van der Waals surface area contributed by atoms with Crippen molar-refractivity contribution in [3.63, 3.8) is 0 Å². The van der Waals surface area contributed by atoms with Gasteiger partial charge in [0.2, 0.25) is 0 Å². The maximum absolute atomic E-state index is 5.51. The summed E-state index contributed by atoms with van der Waals surface area (Å²) in [7, 11) is 1.60. The molecule has 0 amide bonds. The second kappa shape index (κ2) is 6.69. The van der Waals surface area contributed by atoms with Gasteiger partial charge in [-0.15, -0.1) is 10.2 Å². The number of ether oxygens (including phenoxy) is 2. The molecule has 0 aliphatic rings. The molecule has 2 rings (SSSR count). The molecule has 0 radical (unpaired) electrons. The molecule has 2 aromatic rings. The molecular weight excluding hydrogens is 268 g/mol. The fraction of sp³-hybridized carbons (Fsp3) is 0.267. The number of hydrogen-bond acceptors (Lipinski definition) is 5. The summed E-state index contributed by atoms with van der Waals surface area (Å²) in [6, 6.07) is 5.60. The minimum Gasteiger partial charge on any atom is -0.493 e. The van der Waals surface area contributed by atoms with Crippen molar-refractivity contribution in [2.75, 3.05) is 13.7 Å².